The fraction of sp³-hybridized carbons (Fsp3) is 0.333. The van der Waals surface area contributed by atoms with Gasteiger partial charge in [0.15, 0.2) is 0 Å². The molecule has 0 aliphatic heterocycles. The Morgan fingerprint density at radius 2 is 2.19 bits per heavy atom. The number of nitrogens with one attached hydrogen (secondary N) is 1. The zero-order valence-electron chi connectivity index (χ0n) is 11.6. The van der Waals surface area contributed by atoms with Gasteiger partial charge in [-0.05, 0) is 31.5 Å². The lowest BCUT2D eigenvalue weighted by molar-refractivity contribution is 0.0950. The van der Waals surface area contributed by atoms with Crippen molar-refractivity contribution in [2.24, 2.45) is 0 Å². The Balaban J connectivity index is 2.30. The molecule has 2 aromatic rings. The van der Waals surface area contributed by atoms with Crippen molar-refractivity contribution >= 4 is 32.8 Å². The molecular formula is C15H16BrNO4. The van der Waals surface area contributed by atoms with Crippen LogP contribution >= 0.6 is 15.9 Å². The normalized spacial score (nSPS) is 10.6. The Bertz CT molecular complexity index is 696. The average molecular weight is 354 g/mol. The Morgan fingerprint density at radius 1 is 1.38 bits per heavy atom. The first-order valence-corrected chi connectivity index (χ1v) is 7.82. The molecule has 6 heteroatoms. The minimum Gasteiger partial charge on any atom is -0.494 e. The molecule has 0 aliphatic rings. The van der Waals surface area contributed by atoms with Crippen molar-refractivity contribution in [3.63, 3.8) is 0 Å². The summed E-state index contributed by atoms with van der Waals surface area (Å²) in [5, 5.41) is 4.16. The maximum atomic E-state index is 11.9. The fourth-order valence-corrected chi connectivity index (χ4v) is 2.15. The van der Waals surface area contributed by atoms with Gasteiger partial charge in [0.25, 0.3) is 5.91 Å². The minimum absolute atomic E-state index is 0.0150. The van der Waals surface area contributed by atoms with E-state index in [1.54, 1.807) is 24.3 Å². The van der Waals surface area contributed by atoms with Gasteiger partial charge >= 0.3 is 5.63 Å². The van der Waals surface area contributed by atoms with Gasteiger partial charge in [-0.3, -0.25) is 4.79 Å². The standard InChI is InChI=1S/C15H16BrNO4/c1-2-20-11-5-4-10-8-12(14(18)17-7-3-6-16)15(19)21-13(10)9-11/h4-5,8-9H,2-3,6-7H2,1H3,(H,17,18). The van der Waals surface area contributed by atoms with Crippen LogP contribution in [0.1, 0.15) is 23.7 Å². The van der Waals surface area contributed by atoms with Crippen molar-refractivity contribution in [1.29, 1.82) is 0 Å². The maximum absolute atomic E-state index is 11.9. The van der Waals surface area contributed by atoms with E-state index < -0.39 is 11.5 Å². The number of halogens is 1. The molecule has 1 N–H and O–H groups in total. The van der Waals surface area contributed by atoms with Crippen LogP contribution in [0, 0.1) is 0 Å². The van der Waals surface area contributed by atoms with Crippen LogP contribution in [0.4, 0.5) is 0 Å². The van der Waals surface area contributed by atoms with Gasteiger partial charge in [-0.1, -0.05) is 15.9 Å². The van der Waals surface area contributed by atoms with E-state index in [0.717, 1.165) is 11.8 Å². The quantitative estimate of drug-likeness (QED) is 0.492. The summed E-state index contributed by atoms with van der Waals surface area (Å²) in [6.45, 7) is 2.91. The molecule has 21 heavy (non-hydrogen) atoms. The Hall–Kier alpha value is -1.82. The van der Waals surface area contributed by atoms with Gasteiger partial charge < -0.3 is 14.5 Å². The molecule has 0 saturated carbocycles. The van der Waals surface area contributed by atoms with Crippen LogP contribution in [0.15, 0.2) is 33.5 Å². The number of carbonyl (C=O) groups is 1. The van der Waals surface area contributed by atoms with E-state index in [0.29, 0.717) is 29.9 Å². The third-order valence-electron chi connectivity index (χ3n) is 2.86. The van der Waals surface area contributed by atoms with Crippen LogP contribution in [0.3, 0.4) is 0 Å². The third kappa shape index (κ3) is 3.85. The highest BCUT2D eigenvalue weighted by molar-refractivity contribution is 9.09. The molecule has 2 rings (SSSR count). The number of carbonyl (C=O) groups excluding carboxylic acids is 1. The molecule has 0 spiro atoms. The van der Waals surface area contributed by atoms with Gasteiger partial charge in [-0.2, -0.15) is 0 Å². The van der Waals surface area contributed by atoms with Crippen molar-refractivity contribution in [3.8, 4) is 5.75 Å². The van der Waals surface area contributed by atoms with Crippen LogP contribution in [0.25, 0.3) is 11.0 Å². The summed E-state index contributed by atoms with van der Waals surface area (Å²) in [4.78, 5) is 23.8. The molecule has 0 fully saturated rings. The highest BCUT2D eigenvalue weighted by Gasteiger charge is 2.13. The zero-order valence-corrected chi connectivity index (χ0v) is 13.2. The van der Waals surface area contributed by atoms with Crippen molar-refractivity contribution in [1.82, 2.24) is 5.32 Å². The average Bonchev–Trinajstić information content (AvgIpc) is 2.47. The summed E-state index contributed by atoms with van der Waals surface area (Å²) in [5.74, 6) is 0.211. The Labute approximate surface area is 130 Å². The summed E-state index contributed by atoms with van der Waals surface area (Å²) in [6, 6.07) is 6.73. The largest absolute Gasteiger partial charge is 0.494 e. The van der Waals surface area contributed by atoms with Gasteiger partial charge in [0.1, 0.15) is 16.9 Å². The van der Waals surface area contributed by atoms with Gasteiger partial charge in [0.05, 0.1) is 6.61 Å². The second-order valence-electron chi connectivity index (χ2n) is 4.38. The molecule has 0 atom stereocenters. The van der Waals surface area contributed by atoms with E-state index in [-0.39, 0.29) is 5.56 Å². The molecule has 1 aromatic carbocycles. The number of amides is 1. The monoisotopic (exact) mass is 353 g/mol. The van der Waals surface area contributed by atoms with Crippen LogP contribution in [0.2, 0.25) is 0 Å². The number of rotatable bonds is 6. The molecule has 0 bridgehead atoms. The topological polar surface area (TPSA) is 68.5 Å². The molecule has 1 heterocycles. The summed E-state index contributed by atoms with van der Waals surface area (Å²) < 4.78 is 10.6. The molecule has 1 amide bonds. The predicted molar refractivity (Wildman–Crippen MR) is 84.4 cm³/mol. The lowest BCUT2D eigenvalue weighted by atomic mass is 10.1. The molecule has 0 aliphatic carbocycles. The molecule has 0 saturated heterocycles. The third-order valence-corrected chi connectivity index (χ3v) is 3.42. The van der Waals surface area contributed by atoms with Crippen molar-refractivity contribution in [2.75, 3.05) is 18.5 Å². The molecule has 112 valence electrons. The molecule has 0 unspecified atom stereocenters. The van der Waals surface area contributed by atoms with E-state index in [2.05, 4.69) is 21.2 Å². The highest BCUT2D eigenvalue weighted by atomic mass is 79.9. The van der Waals surface area contributed by atoms with Crippen LogP contribution < -0.4 is 15.7 Å². The van der Waals surface area contributed by atoms with E-state index in [9.17, 15) is 9.59 Å². The Kier molecular flexibility index (Phi) is 5.38. The number of benzene rings is 1. The smallest absolute Gasteiger partial charge is 0.349 e. The second kappa shape index (κ2) is 7.26. The van der Waals surface area contributed by atoms with Gasteiger partial charge in [-0.15, -0.1) is 0 Å². The summed E-state index contributed by atoms with van der Waals surface area (Å²) in [7, 11) is 0. The van der Waals surface area contributed by atoms with E-state index in [1.165, 1.54) is 0 Å². The summed E-state index contributed by atoms with van der Waals surface area (Å²) in [5.41, 5.74) is -0.225. The number of alkyl halides is 1. The lowest BCUT2D eigenvalue weighted by Crippen LogP contribution is -2.29. The van der Waals surface area contributed by atoms with Crippen LogP contribution in [0.5, 0.6) is 5.75 Å². The SMILES string of the molecule is CCOc1ccc2cc(C(=O)NCCCBr)c(=O)oc2c1. The van der Waals surface area contributed by atoms with Crippen molar-refractivity contribution in [3.05, 3.63) is 40.2 Å². The maximum Gasteiger partial charge on any atom is 0.349 e. The van der Waals surface area contributed by atoms with Crippen molar-refractivity contribution in [2.45, 2.75) is 13.3 Å². The first-order valence-electron chi connectivity index (χ1n) is 6.70. The van der Waals surface area contributed by atoms with Crippen LogP contribution in [-0.4, -0.2) is 24.4 Å². The Morgan fingerprint density at radius 3 is 2.90 bits per heavy atom. The molecule has 1 aromatic heterocycles. The summed E-state index contributed by atoms with van der Waals surface area (Å²) >= 11 is 3.28. The number of ether oxygens (including phenoxy) is 1. The predicted octanol–water partition coefficient (Wildman–Crippen LogP) is 2.71. The van der Waals surface area contributed by atoms with E-state index in [1.807, 2.05) is 6.92 Å². The number of hydrogen-bond donors (Lipinski definition) is 1. The highest BCUT2D eigenvalue weighted by Crippen LogP contribution is 2.20. The molecule has 0 radical (unpaired) electrons. The molecular weight excluding hydrogens is 338 g/mol. The number of hydrogen-bond acceptors (Lipinski definition) is 4. The molecule has 5 nitrogen and oxygen atoms in total. The van der Waals surface area contributed by atoms with Crippen molar-refractivity contribution < 1.29 is 13.9 Å². The van der Waals surface area contributed by atoms with Gasteiger partial charge in [-0.25, -0.2) is 4.79 Å². The zero-order chi connectivity index (χ0) is 15.2. The number of fused-ring (bicyclic) bond motifs is 1. The van der Waals surface area contributed by atoms with E-state index >= 15 is 0 Å². The van der Waals surface area contributed by atoms with E-state index in [4.69, 9.17) is 9.15 Å². The minimum atomic E-state index is -0.646. The lowest BCUT2D eigenvalue weighted by Gasteiger charge is -2.06. The second-order valence-corrected chi connectivity index (χ2v) is 5.17. The van der Waals surface area contributed by atoms with Gasteiger partial charge in [0.2, 0.25) is 0 Å². The van der Waals surface area contributed by atoms with Gasteiger partial charge in [0, 0.05) is 23.3 Å². The van der Waals surface area contributed by atoms with Crippen LogP contribution in [-0.2, 0) is 0 Å². The first kappa shape index (κ1) is 15.6. The fourth-order valence-electron chi connectivity index (χ4n) is 1.87. The first-order chi connectivity index (χ1) is 10.2. The summed E-state index contributed by atoms with van der Waals surface area (Å²) in [6.07, 6.45) is 0.794.